The summed E-state index contributed by atoms with van der Waals surface area (Å²) in [6.45, 7) is 5.16. The number of fused-ring (bicyclic) bond motifs is 1. The lowest BCUT2D eigenvalue weighted by atomic mass is 9.98. The molecule has 1 aromatic heterocycles. The Morgan fingerprint density at radius 2 is 2.19 bits per heavy atom. The van der Waals surface area contributed by atoms with E-state index in [9.17, 15) is 4.79 Å². The molecule has 3 atom stereocenters. The summed E-state index contributed by atoms with van der Waals surface area (Å²) in [5.74, 6) is 2.08. The van der Waals surface area contributed by atoms with E-state index >= 15 is 0 Å². The standard InChI is InChI=1S/C16H20ClN3O/c1-9-3-6-13(10(9)2)18-8-15-19-14-7-11(17)4-5-12(14)16(21)20-15/h4-5,7,9-10,13,18H,3,6,8H2,1-2H3,(H,19,20,21). The molecule has 5 heteroatoms. The van der Waals surface area contributed by atoms with Gasteiger partial charge in [0.1, 0.15) is 5.82 Å². The molecule has 0 radical (unpaired) electrons. The first-order valence-electron chi connectivity index (χ1n) is 7.46. The number of H-pyrrole nitrogens is 1. The SMILES string of the molecule is CC1CCC(NCc2nc3cc(Cl)ccc3c(=O)[nH]2)C1C. The second-order valence-corrected chi connectivity index (χ2v) is 6.51. The molecule has 1 aromatic carbocycles. The van der Waals surface area contributed by atoms with Gasteiger partial charge in [-0.25, -0.2) is 4.98 Å². The predicted molar refractivity (Wildman–Crippen MR) is 85.6 cm³/mol. The summed E-state index contributed by atoms with van der Waals surface area (Å²) < 4.78 is 0. The molecule has 21 heavy (non-hydrogen) atoms. The highest BCUT2D eigenvalue weighted by Crippen LogP contribution is 2.31. The van der Waals surface area contributed by atoms with E-state index < -0.39 is 0 Å². The lowest BCUT2D eigenvalue weighted by Crippen LogP contribution is -2.33. The molecule has 0 aliphatic heterocycles. The number of aromatic nitrogens is 2. The van der Waals surface area contributed by atoms with Crippen molar-refractivity contribution in [3.8, 4) is 0 Å². The number of hydrogen-bond acceptors (Lipinski definition) is 3. The number of hydrogen-bond donors (Lipinski definition) is 2. The van der Waals surface area contributed by atoms with E-state index in [4.69, 9.17) is 11.6 Å². The van der Waals surface area contributed by atoms with Crippen LogP contribution in [0.1, 0.15) is 32.5 Å². The molecular weight excluding hydrogens is 286 g/mol. The Hall–Kier alpha value is -1.39. The van der Waals surface area contributed by atoms with Gasteiger partial charge >= 0.3 is 0 Å². The number of aromatic amines is 1. The summed E-state index contributed by atoms with van der Waals surface area (Å²) in [5, 5.41) is 4.69. The van der Waals surface area contributed by atoms with Crippen molar-refractivity contribution in [2.75, 3.05) is 0 Å². The maximum atomic E-state index is 12.1. The highest BCUT2D eigenvalue weighted by molar-refractivity contribution is 6.31. The van der Waals surface area contributed by atoms with Gasteiger partial charge in [0.25, 0.3) is 5.56 Å². The van der Waals surface area contributed by atoms with Gasteiger partial charge in [-0.15, -0.1) is 0 Å². The van der Waals surface area contributed by atoms with Gasteiger partial charge in [-0.1, -0.05) is 25.4 Å². The van der Waals surface area contributed by atoms with Gasteiger partial charge in [-0.2, -0.15) is 0 Å². The van der Waals surface area contributed by atoms with Crippen LogP contribution in [0.15, 0.2) is 23.0 Å². The molecule has 112 valence electrons. The molecule has 3 rings (SSSR count). The molecule has 2 N–H and O–H groups in total. The van der Waals surface area contributed by atoms with Gasteiger partial charge < -0.3 is 10.3 Å². The Morgan fingerprint density at radius 1 is 1.38 bits per heavy atom. The van der Waals surface area contributed by atoms with Crippen LogP contribution in [0.3, 0.4) is 0 Å². The van der Waals surface area contributed by atoms with Crippen LogP contribution in [-0.4, -0.2) is 16.0 Å². The first kappa shape index (κ1) is 14.5. The molecule has 1 aliphatic carbocycles. The minimum absolute atomic E-state index is 0.110. The summed E-state index contributed by atoms with van der Waals surface area (Å²) in [6, 6.07) is 5.65. The van der Waals surface area contributed by atoms with Crippen molar-refractivity contribution >= 4 is 22.5 Å². The third-order valence-corrected chi connectivity index (χ3v) is 4.95. The zero-order valence-electron chi connectivity index (χ0n) is 12.3. The number of halogens is 1. The van der Waals surface area contributed by atoms with Crippen LogP contribution >= 0.6 is 11.6 Å². The molecule has 0 amide bonds. The largest absolute Gasteiger partial charge is 0.309 e. The van der Waals surface area contributed by atoms with Crippen molar-refractivity contribution in [3.05, 3.63) is 39.4 Å². The van der Waals surface area contributed by atoms with Crippen molar-refractivity contribution < 1.29 is 0 Å². The Kier molecular flexibility index (Phi) is 4.00. The Morgan fingerprint density at radius 3 is 2.90 bits per heavy atom. The average molecular weight is 306 g/mol. The van der Waals surface area contributed by atoms with Crippen LogP contribution in [0.2, 0.25) is 5.02 Å². The van der Waals surface area contributed by atoms with Crippen molar-refractivity contribution in [3.63, 3.8) is 0 Å². The number of benzene rings is 1. The second-order valence-electron chi connectivity index (χ2n) is 6.08. The molecular formula is C16H20ClN3O. The van der Waals surface area contributed by atoms with Crippen LogP contribution < -0.4 is 10.9 Å². The third-order valence-electron chi connectivity index (χ3n) is 4.71. The zero-order valence-corrected chi connectivity index (χ0v) is 13.1. The fraction of sp³-hybridized carbons (Fsp3) is 0.500. The van der Waals surface area contributed by atoms with Crippen LogP contribution in [0, 0.1) is 11.8 Å². The quantitative estimate of drug-likeness (QED) is 0.916. The number of nitrogens with zero attached hydrogens (tertiary/aromatic N) is 1. The maximum Gasteiger partial charge on any atom is 0.258 e. The van der Waals surface area contributed by atoms with E-state index in [1.165, 1.54) is 12.8 Å². The fourth-order valence-corrected chi connectivity index (χ4v) is 3.29. The Balaban J connectivity index is 1.80. The van der Waals surface area contributed by atoms with Gasteiger partial charge in [0, 0.05) is 11.1 Å². The molecule has 0 saturated heterocycles. The molecule has 1 saturated carbocycles. The van der Waals surface area contributed by atoms with Crippen molar-refractivity contribution in [2.45, 2.75) is 39.3 Å². The lowest BCUT2D eigenvalue weighted by Gasteiger charge is -2.19. The van der Waals surface area contributed by atoms with Crippen LogP contribution in [0.4, 0.5) is 0 Å². The number of rotatable bonds is 3. The van der Waals surface area contributed by atoms with Gasteiger partial charge in [0.2, 0.25) is 0 Å². The first-order valence-corrected chi connectivity index (χ1v) is 7.84. The third kappa shape index (κ3) is 2.97. The van der Waals surface area contributed by atoms with Gasteiger partial charge in [0.05, 0.1) is 17.4 Å². The summed E-state index contributed by atoms with van der Waals surface area (Å²) >= 11 is 5.97. The zero-order chi connectivity index (χ0) is 15.0. The summed E-state index contributed by atoms with van der Waals surface area (Å²) in [7, 11) is 0. The van der Waals surface area contributed by atoms with E-state index in [1.54, 1.807) is 18.2 Å². The van der Waals surface area contributed by atoms with E-state index in [1.807, 2.05) is 0 Å². The molecule has 2 aromatic rings. The van der Waals surface area contributed by atoms with Gasteiger partial charge in [-0.3, -0.25) is 4.79 Å². The highest BCUT2D eigenvalue weighted by atomic mass is 35.5. The summed E-state index contributed by atoms with van der Waals surface area (Å²) in [5.41, 5.74) is 0.539. The topological polar surface area (TPSA) is 57.8 Å². The van der Waals surface area contributed by atoms with Crippen LogP contribution in [-0.2, 0) is 6.54 Å². The summed E-state index contributed by atoms with van der Waals surface area (Å²) in [4.78, 5) is 19.4. The number of nitrogens with one attached hydrogen (secondary N) is 2. The molecule has 0 spiro atoms. The van der Waals surface area contributed by atoms with Gasteiger partial charge in [-0.05, 0) is 42.9 Å². The average Bonchev–Trinajstić information content (AvgIpc) is 2.76. The molecule has 3 unspecified atom stereocenters. The smallest absolute Gasteiger partial charge is 0.258 e. The van der Waals surface area contributed by atoms with Gasteiger partial charge in [0.15, 0.2) is 0 Å². The summed E-state index contributed by atoms with van der Waals surface area (Å²) in [6.07, 6.45) is 2.45. The molecule has 1 fully saturated rings. The van der Waals surface area contributed by atoms with Crippen LogP contribution in [0.25, 0.3) is 10.9 Å². The van der Waals surface area contributed by atoms with E-state index in [2.05, 4.69) is 29.1 Å². The molecule has 0 bridgehead atoms. The normalized spacial score (nSPS) is 25.6. The Labute approximate surface area is 128 Å². The highest BCUT2D eigenvalue weighted by Gasteiger charge is 2.29. The monoisotopic (exact) mass is 305 g/mol. The fourth-order valence-electron chi connectivity index (χ4n) is 3.13. The maximum absolute atomic E-state index is 12.1. The predicted octanol–water partition coefficient (Wildman–Crippen LogP) is 3.10. The van der Waals surface area contributed by atoms with Crippen molar-refractivity contribution in [1.82, 2.24) is 15.3 Å². The van der Waals surface area contributed by atoms with E-state index in [-0.39, 0.29) is 5.56 Å². The van der Waals surface area contributed by atoms with Crippen molar-refractivity contribution in [2.24, 2.45) is 11.8 Å². The molecule has 4 nitrogen and oxygen atoms in total. The molecule has 1 aliphatic rings. The minimum Gasteiger partial charge on any atom is -0.309 e. The van der Waals surface area contributed by atoms with Crippen LogP contribution in [0.5, 0.6) is 0 Å². The van der Waals surface area contributed by atoms with E-state index in [0.717, 1.165) is 5.92 Å². The minimum atomic E-state index is -0.110. The second kappa shape index (κ2) is 5.78. The molecule has 1 heterocycles. The lowest BCUT2D eigenvalue weighted by molar-refractivity contribution is 0.367. The van der Waals surface area contributed by atoms with E-state index in [0.29, 0.717) is 40.3 Å². The van der Waals surface area contributed by atoms with Crippen molar-refractivity contribution in [1.29, 1.82) is 0 Å². The first-order chi connectivity index (χ1) is 10.0. The Bertz CT molecular complexity index is 712.